The molecule has 3 unspecified atom stereocenters. The molecule has 3 aliphatic rings. The smallest absolute Gasteiger partial charge is 0.248 e. The fraction of sp³-hybridized carbons (Fsp3) is 0.139. The number of primary amides is 3. The number of halogens is 1. The molecule has 0 aliphatic carbocycles. The molecule has 0 saturated carbocycles. The van der Waals surface area contributed by atoms with Gasteiger partial charge in [-0.05, 0) is 181 Å². The molecule has 3 aliphatic heterocycles. The number of ether oxygens (including phenoxy) is 3. The summed E-state index contributed by atoms with van der Waals surface area (Å²) in [5, 5.41) is 17.9. The third-order valence-corrected chi connectivity index (χ3v) is 15.5. The quantitative estimate of drug-likeness (QED) is 0.0868. The van der Waals surface area contributed by atoms with Crippen LogP contribution in [0.2, 0.25) is 0 Å². The number of nitrogens with two attached hydrogens (primary N) is 3. The molecule has 0 spiro atoms. The molecule has 90 heavy (non-hydrogen) atoms. The van der Waals surface area contributed by atoms with Gasteiger partial charge in [0.05, 0.1) is 23.3 Å². The van der Waals surface area contributed by atoms with Gasteiger partial charge < -0.3 is 46.1 Å². The summed E-state index contributed by atoms with van der Waals surface area (Å²) in [5.74, 6) is 1.85. The number of hydrogen-bond acceptors (Lipinski definition) is 11. The number of hydrogen-bond donors (Lipinski definition) is 3. The first-order valence-corrected chi connectivity index (χ1v) is 28.7. The zero-order chi connectivity index (χ0) is 63.4. The van der Waals surface area contributed by atoms with Crippen molar-refractivity contribution in [1.29, 1.82) is 10.5 Å². The first kappa shape index (κ1) is 61.2. The van der Waals surface area contributed by atoms with Crippen LogP contribution in [0.3, 0.4) is 0 Å². The van der Waals surface area contributed by atoms with Crippen LogP contribution in [-0.4, -0.2) is 55.1 Å². The van der Waals surface area contributed by atoms with Crippen molar-refractivity contribution in [3.05, 3.63) is 268 Å². The Hall–Kier alpha value is -11.9. The predicted octanol–water partition coefficient (Wildman–Crippen LogP) is 12.5. The third-order valence-electron chi connectivity index (χ3n) is 15.5. The fourth-order valence-electron chi connectivity index (χ4n) is 10.8. The molecule has 9 aromatic carbocycles. The highest BCUT2D eigenvalue weighted by atomic mass is 19.1. The third kappa shape index (κ3) is 15.0. The summed E-state index contributed by atoms with van der Waals surface area (Å²) in [6.45, 7) is 3.21. The molecule has 6 amide bonds. The number of amides is 6. The number of carbonyl (C=O) groups excluding carboxylic acids is 6. The van der Waals surface area contributed by atoms with E-state index in [0.29, 0.717) is 124 Å². The summed E-state index contributed by atoms with van der Waals surface area (Å²) in [6.07, 6.45) is 1.11. The number of nitrogens with zero attached hydrogens (tertiary/aromatic N) is 5. The van der Waals surface area contributed by atoms with Crippen molar-refractivity contribution in [3.8, 4) is 46.6 Å². The number of anilines is 3. The van der Waals surface area contributed by atoms with Gasteiger partial charge in [0.25, 0.3) is 0 Å². The van der Waals surface area contributed by atoms with Gasteiger partial charge in [0.1, 0.15) is 40.3 Å². The maximum atomic E-state index is 13.5. The molecule has 0 radical (unpaired) electrons. The Labute approximate surface area is 518 Å². The van der Waals surface area contributed by atoms with E-state index >= 15 is 0 Å². The van der Waals surface area contributed by atoms with Crippen molar-refractivity contribution < 1.29 is 47.4 Å². The zero-order valence-corrected chi connectivity index (χ0v) is 48.7. The van der Waals surface area contributed by atoms with Crippen LogP contribution < -0.4 is 46.1 Å². The molecule has 17 nitrogen and oxygen atoms in total. The molecule has 448 valence electrons. The summed E-state index contributed by atoms with van der Waals surface area (Å²) in [5.41, 5.74) is 23.8. The predicted molar refractivity (Wildman–Crippen MR) is 337 cm³/mol. The summed E-state index contributed by atoms with van der Waals surface area (Å²) in [7, 11) is 0. The SMILES string of the molecule is Cc1cc(Oc2cccc(C3CC(=O)N(c4cccc(C(N)=O)c4)C3)c2)ccc1F.N#Cc1ccc(Oc2cccc(C3CC(=O)N(c4cccc(C(N)=O)c4)C3)c2)cc1.N#Cc1cccc(Oc2cccc(C3CC(=O)N(c4cccc(C(N)=O)c4)C3)c2)c1. The normalized spacial score (nSPS) is 15.8. The van der Waals surface area contributed by atoms with Crippen LogP contribution in [0.25, 0.3) is 0 Å². The van der Waals surface area contributed by atoms with Crippen molar-refractivity contribution in [2.45, 2.75) is 43.9 Å². The van der Waals surface area contributed by atoms with Gasteiger partial charge in [-0.2, -0.15) is 10.5 Å². The Morgan fingerprint density at radius 1 is 0.411 bits per heavy atom. The Kier molecular flexibility index (Phi) is 18.8. The number of rotatable bonds is 15. The largest absolute Gasteiger partial charge is 0.457 e. The molecule has 9 aromatic rings. The number of carbonyl (C=O) groups is 6. The number of aryl methyl sites for hydroxylation is 1. The van der Waals surface area contributed by atoms with Crippen molar-refractivity contribution >= 4 is 52.5 Å². The Balaban J connectivity index is 0.000000148. The van der Waals surface area contributed by atoms with Crippen LogP contribution in [0.4, 0.5) is 21.5 Å². The van der Waals surface area contributed by atoms with E-state index in [2.05, 4.69) is 12.1 Å². The molecular formula is C72H59FN8O9. The highest BCUT2D eigenvalue weighted by molar-refractivity contribution is 6.01. The van der Waals surface area contributed by atoms with Gasteiger partial charge in [-0.3, -0.25) is 28.8 Å². The second-order valence-corrected chi connectivity index (χ2v) is 21.7. The van der Waals surface area contributed by atoms with Gasteiger partial charge in [-0.1, -0.05) is 60.7 Å². The van der Waals surface area contributed by atoms with E-state index in [-0.39, 0.29) is 41.3 Å². The lowest BCUT2D eigenvalue weighted by atomic mass is 9.98. The summed E-state index contributed by atoms with van der Waals surface area (Å²) in [6, 6.07) is 65.9. The molecular weight excluding hydrogens is 1140 g/mol. The Bertz CT molecular complexity index is 4310. The van der Waals surface area contributed by atoms with Gasteiger partial charge in [0, 0.05) is 90.4 Å². The van der Waals surface area contributed by atoms with E-state index in [1.807, 2.05) is 72.8 Å². The lowest BCUT2D eigenvalue weighted by molar-refractivity contribution is -0.118. The fourth-order valence-corrected chi connectivity index (χ4v) is 10.8. The zero-order valence-electron chi connectivity index (χ0n) is 48.7. The second-order valence-electron chi connectivity index (χ2n) is 21.7. The number of benzene rings is 9. The summed E-state index contributed by atoms with van der Waals surface area (Å²) in [4.78, 5) is 77.3. The van der Waals surface area contributed by atoms with E-state index in [9.17, 15) is 33.2 Å². The van der Waals surface area contributed by atoms with Crippen LogP contribution in [-0.2, 0) is 14.4 Å². The average molecular weight is 1200 g/mol. The van der Waals surface area contributed by atoms with Crippen molar-refractivity contribution in [1.82, 2.24) is 0 Å². The first-order valence-electron chi connectivity index (χ1n) is 28.7. The molecule has 0 bridgehead atoms. The van der Waals surface area contributed by atoms with E-state index < -0.39 is 17.7 Å². The average Bonchev–Trinajstić information content (AvgIpc) is 2.13. The van der Waals surface area contributed by atoms with Gasteiger partial charge >= 0.3 is 0 Å². The van der Waals surface area contributed by atoms with Crippen LogP contribution in [0.5, 0.6) is 34.5 Å². The second kappa shape index (κ2) is 27.6. The van der Waals surface area contributed by atoms with Gasteiger partial charge in [0.2, 0.25) is 35.4 Å². The lowest BCUT2D eigenvalue weighted by Gasteiger charge is -2.18. The summed E-state index contributed by atoms with van der Waals surface area (Å²) < 4.78 is 31.1. The minimum atomic E-state index is -0.527. The minimum absolute atomic E-state index is 0.0000316. The van der Waals surface area contributed by atoms with Crippen LogP contribution in [0.1, 0.15) is 101 Å². The van der Waals surface area contributed by atoms with Crippen molar-refractivity contribution in [2.24, 2.45) is 17.2 Å². The maximum Gasteiger partial charge on any atom is 0.248 e. The van der Waals surface area contributed by atoms with Gasteiger partial charge in [-0.15, -0.1) is 0 Å². The molecule has 6 N–H and O–H groups in total. The summed E-state index contributed by atoms with van der Waals surface area (Å²) >= 11 is 0. The lowest BCUT2D eigenvalue weighted by Crippen LogP contribution is -2.24. The maximum absolute atomic E-state index is 13.5. The molecule has 3 saturated heterocycles. The van der Waals surface area contributed by atoms with Crippen molar-refractivity contribution in [3.63, 3.8) is 0 Å². The molecule has 3 fully saturated rings. The van der Waals surface area contributed by atoms with E-state index in [4.69, 9.17) is 41.9 Å². The topological polar surface area (TPSA) is 265 Å². The monoisotopic (exact) mass is 1200 g/mol. The molecule has 12 rings (SSSR count). The van der Waals surface area contributed by atoms with Gasteiger partial charge in [-0.25, -0.2) is 4.39 Å². The highest BCUT2D eigenvalue weighted by Crippen LogP contribution is 2.38. The first-order chi connectivity index (χ1) is 43.5. The van der Waals surface area contributed by atoms with Crippen LogP contribution >= 0.6 is 0 Å². The molecule has 18 heteroatoms. The van der Waals surface area contributed by atoms with E-state index in [0.717, 1.165) is 16.7 Å². The standard InChI is InChI=1S/C24H21FN2O3.2C24H19N3O3/c1-15-10-21(8-9-22(15)25)30-20-7-3-4-16(12-20)18-13-23(28)27(14-18)19-6-2-5-17(11-19)24(26)29;25-14-16-4-1-8-21(10-16)30-22-9-3-5-17(12-22)19-13-23(28)27(15-19)20-7-2-6-18(11-20)24(26)29;25-14-16-7-9-21(10-8-16)30-22-6-2-3-17(12-22)19-13-23(28)27(15-19)20-5-1-4-18(11-20)24(26)29/h2-12,18H,13-14H2,1H3,(H2,26,29);2*1-12,19H,13,15H2,(H2,26,29). The molecule has 3 heterocycles. The molecule has 3 atom stereocenters. The van der Waals surface area contributed by atoms with E-state index in [1.54, 1.807) is 155 Å². The molecule has 0 aromatic heterocycles. The van der Waals surface area contributed by atoms with Gasteiger partial charge in [0.15, 0.2) is 0 Å². The van der Waals surface area contributed by atoms with Crippen molar-refractivity contribution in [2.75, 3.05) is 34.3 Å². The van der Waals surface area contributed by atoms with Crippen LogP contribution in [0.15, 0.2) is 212 Å². The number of nitriles is 2. The van der Waals surface area contributed by atoms with E-state index in [1.165, 1.54) is 6.07 Å². The highest BCUT2D eigenvalue weighted by Gasteiger charge is 2.35. The Morgan fingerprint density at radius 2 is 0.744 bits per heavy atom. The minimum Gasteiger partial charge on any atom is -0.457 e. The van der Waals surface area contributed by atoms with Crippen LogP contribution in [0, 0.1) is 35.4 Å². The Morgan fingerprint density at radius 3 is 1.11 bits per heavy atom.